The summed E-state index contributed by atoms with van der Waals surface area (Å²) < 4.78 is 6.41. The third-order valence-corrected chi connectivity index (χ3v) is 5.18. The molecule has 1 N–H and O–H groups in total. The maximum atomic E-state index is 6.41. The van der Waals surface area contributed by atoms with E-state index in [1.54, 1.807) is 0 Å². The molecule has 20 heavy (non-hydrogen) atoms. The molecule has 1 aromatic carbocycles. The molecule has 1 heterocycles. The van der Waals surface area contributed by atoms with Crippen molar-refractivity contribution < 1.29 is 4.74 Å². The van der Waals surface area contributed by atoms with Crippen LogP contribution in [0.1, 0.15) is 63.0 Å². The van der Waals surface area contributed by atoms with Gasteiger partial charge in [0.1, 0.15) is 0 Å². The average Bonchev–Trinajstić information content (AvgIpc) is 3.11. The standard InChI is InChI=1S/C18H27NO/c1-19-17(15-7-3-2-4-8-15)10-9-16-11-14-18(20-16)12-5-6-13-18/h2-4,7-8,16-17,19H,5-6,9-14H2,1H3. The summed E-state index contributed by atoms with van der Waals surface area (Å²) in [4.78, 5) is 0. The van der Waals surface area contributed by atoms with Crippen LogP contribution in [0.25, 0.3) is 0 Å². The van der Waals surface area contributed by atoms with Crippen molar-refractivity contribution >= 4 is 0 Å². The van der Waals surface area contributed by atoms with Gasteiger partial charge in [-0.1, -0.05) is 43.2 Å². The third-order valence-electron chi connectivity index (χ3n) is 5.18. The lowest BCUT2D eigenvalue weighted by atomic mass is 9.96. The fourth-order valence-electron chi connectivity index (χ4n) is 4.00. The van der Waals surface area contributed by atoms with E-state index in [4.69, 9.17) is 4.74 Å². The van der Waals surface area contributed by atoms with Crippen LogP contribution in [0.3, 0.4) is 0 Å². The first kappa shape index (κ1) is 14.1. The fraction of sp³-hybridized carbons (Fsp3) is 0.667. The molecule has 1 aromatic rings. The monoisotopic (exact) mass is 273 g/mol. The summed E-state index contributed by atoms with van der Waals surface area (Å²) in [6.45, 7) is 0. The largest absolute Gasteiger partial charge is 0.372 e. The Morgan fingerprint density at radius 2 is 1.95 bits per heavy atom. The number of benzene rings is 1. The molecule has 1 saturated heterocycles. The lowest BCUT2D eigenvalue weighted by Gasteiger charge is -2.25. The smallest absolute Gasteiger partial charge is 0.0687 e. The van der Waals surface area contributed by atoms with Gasteiger partial charge >= 0.3 is 0 Å². The van der Waals surface area contributed by atoms with E-state index >= 15 is 0 Å². The minimum absolute atomic E-state index is 0.284. The Morgan fingerprint density at radius 1 is 1.20 bits per heavy atom. The van der Waals surface area contributed by atoms with Crippen LogP contribution in [0.5, 0.6) is 0 Å². The molecule has 2 atom stereocenters. The Balaban J connectivity index is 1.51. The highest BCUT2D eigenvalue weighted by atomic mass is 16.5. The molecule has 0 aromatic heterocycles. The van der Waals surface area contributed by atoms with Crippen molar-refractivity contribution in [3.63, 3.8) is 0 Å². The Hall–Kier alpha value is -0.860. The quantitative estimate of drug-likeness (QED) is 0.867. The van der Waals surface area contributed by atoms with Gasteiger partial charge < -0.3 is 10.1 Å². The summed E-state index contributed by atoms with van der Waals surface area (Å²) in [5, 5.41) is 3.45. The number of hydrogen-bond donors (Lipinski definition) is 1. The summed E-state index contributed by atoms with van der Waals surface area (Å²) in [5.74, 6) is 0. The highest BCUT2D eigenvalue weighted by Gasteiger charge is 2.41. The van der Waals surface area contributed by atoms with Gasteiger partial charge in [0, 0.05) is 6.04 Å². The van der Waals surface area contributed by atoms with E-state index in [2.05, 4.69) is 42.7 Å². The van der Waals surface area contributed by atoms with Gasteiger partial charge in [0.2, 0.25) is 0 Å². The molecule has 0 bridgehead atoms. The molecule has 2 aliphatic rings. The first-order valence-electron chi connectivity index (χ1n) is 8.21. The normalized spacial score (nSPS) is 26.1. The van der Waals surface area contributed by atoms with Crippen LogP contribution in [-0.4, -0.2) is 18.8 Å². The molecule has 3 rings (SSSR count). The highest BCUT2D eigenvalue weighted by molar-refractivity contribution is 5.18. The summed E-state index contributed by atoms with van der Waals surface area (Å²) in [7, 11) is 2.06. The van der Waals surface area contributed by atoms with E-state index in [0.29, 0.717) is 12.1 Å². The van der Waals surface area contributed by atoms with Crippen LogP contribution in [0.2, 0.25) is 0 Å². The van der Waals surface area contributed by atoms with E-state index in [1.165, 1.54) is 56.9 Å². The minimum atomic E-state index is 0.284. The van der Waals surface area contributed by atoms with Crippen molar-refractivity contribution in [1.82, 2.24) is 5.32 Å². The predicted octanol–water partition coefficient (Wildman–Crippen LogP) is 4.22. The SMILES string of the molecule is CNC(CCC1CCC2(CCCC2)O1)c1ccccc1. The highest BCUT2D eigenvalue weighted by Crippen LogP contribution is 2.44. The van der Waals surface area contributed by atoms with Gasteiger partial charge in [-0.2, -0.15) is 0 Å². The predicted molar refractivity (Wildman–Crippen MR) is 82.8 cm³/mol. The van der Waals surface area contributed by atoms with Gasteiger partial charge in [-0.05, 0) is 51.1 Å². The lowest BCUT2D eigenvalue weighted by Crippen LogP contribution is -2.25. The Morgan fingerprint density at radius 3 is 2.65 bits per heavy atom. The molecule has 2 unspecified atom stereocenters. The molecule has 1 aliphatic heterocycles. The van der Waals surface area contributed by atoms with E-state index in [9.17, 15) is 0 Å². The first-order chi connectivity index (χ1) is 9.81. The van der Waals surface area contributed by atoms with E-state index in [-0.39, 0.29) is 5.60 Å². The van der Waals surface area contributed by atoms with Crippen molar-refractivity contribution in [2.24, 2.45) is 0 Å². The van der Waals surface area contributed by atoms with Crippen LogP contribution < -0.4 is 5.32 Å². The first-order valence-corrected chi connectivity index (χ1v) is 8.21. The molecule has 1 saturated carbocycles. The zero-order valence-electron chi connectivity index (χ0n) is 12.6. The van der Waals surface area contributed by atoms with Gasteiger partial charge in [-0.15, -0.1) is 0 Å². The minimum Gasteiger partial charge on any atom is -0.372 e. The number of hydrogen-bond acceptors (Lipinski definition) is 2. The Bertz CT molecular complexity index is 411. The molecule has 0 radical (unpaired) electrons. The molecule has 1 spiro atoms. The summed E-state index contributed by atoms with van der Waals surface area (Å²) in [6.07, 6.45) is 10.8. The van der Waals surface area contributed by atoms with E-state index in [0.717, 1.165) is 0 Å². The van der Waals surface area contributed by atoms with Crippen LogP contribution >= 0.6 is 0 Å². The molecule has 110 valence electrons. The second-order valence-electron chi connectivity index (χ2n) is 6.50. The zero-order chi connectivity index (χ0) is 13.8. The topological polar surface area (TPSA) is 21.3 Å². The third kappa shape index (κ3) is 3.07. The van der Waals surface area contributed by atoms with Gasteiger partial charge in [0.15, 0.2) is 0 Å². The second-order valence-corrected chi connectivity index (χ2v) is 6.50. The van der Waals surface area contributed by atoms with Crippen molar-refractivity contribution in [3.8, 4) is 0 Å². The Labute approximate surface area is 122 Å². The lowest BCUT2D eigenvalue weighted by molar-refractivity contribution is -0.0401. The molecule has 0 amide bonds. The Kier molecular flexibility index (Phi) is 4.42. The van der Waals surface area contributed by atoms with Crippen LogP contribution in [0.15, 0.2) is 30.3 Å². The maximum absolute atomic E-state index is 6.41. The van der Waals surface area contributed by atoms with Gasteiger partial charge in [-0.25, -0.2) is 0 Å². The van der Waals surface area contributed by atoms with Crippen molar-refractivity contribution in [1.29, 1.82) is 0 Å². The van der Waals surface area contributed by atoms with E-state index < -0.39 is 0 Å². The van der Waals surface area contributed by atoms with Gasteiger partial charge in [-0.3, -0.25) is 0 Å². The van der Waals surface area contributed by atoms with Crippen molar-refractivity contribution in [3.05, 3.63) is 35.9 Å². The zero-order valence-corrected chi connectivity index (χ0v) is 12.6. The summed E-state index contributed by atoms with van der Waals surface area (Å²) in [5.41, 5.74) is 1.68. The second kappa shape index (κ2) is 6.28. The molecular weight excluding hydrogens is 246 g/mol. The molecule has 2 heteroatoms. The molecule has 1 aliphatic carbocycles. The van der Waals surface area contributed by atoms with Gasteiger partial charge in [0.25, 0.3) is 0 Å². The molecular formula is C18H27NO. The average molecular weight is 273 g/mol. The van der Waals surface area contributed by atoms with Crippen LogP contribution in [0, 0.1) is 0 Å². The molecule has 2 fully saturated rings. The van der Waals surface area contributed by atoms with Crippen LogP contribution in [-0.2, 0) is 4.74 Å². The van der Waals surface area contributed by atoms with Crippen molar-refractivity contribution in [2.75, 3.05) is 7.05 Å². The fourth-order valence-corrected chi connectivity index (χ4v) is 4.00. The summed E-state index contributed by atoms with van der Waals surface area (Å²) in [6, 6.07) is 11.2. The molecule has 2 nitrogen and oxygen atoms in total. The van der Waals surface area contributed by atoms with Crippen molar-refractivity contribution in [2.45, 2.75) is 69.1 Å². The summed E-state index contributed by atoms with van der Waals surface area (Å²) >= 11 is 0. The van der Waals surface area contributed by atoms with Gasteiger partial charge in [0.05, 0.1) is 11.7 Å². The van der Waals surface area contributed by atoms with E-state index in [1.807, 2.05) is 0 Å². The maximum Gasteiger partial charge on any atom is 0.0687 e. The number of nitrogens with one attached hydrogen (secondary N) is 1. The number of ether oxygens (including phenoxy) is 1. The van der Waals surface area contributed by atoms with Crippen LogP contribution in [0.4, 0.5) is 0 Å². The number of rotatable bonds is 5.